The zero-order valence-electron chi connectivity index (χ0n) is 8.89. The SMILES string of the molecule is N#CCc1csc(CSc2ccc(Cl)cc2)n1. The average molecular weight is 281 g/mol. The van der Waals surface area contributed by atoms with Crippen molar-refractivity contribution >= 4 is 34.7 Å². The van der Waals surface area contributed by atoms with Gasteiger partial charge in [-0.05, 0) is 24.3 Å². The topological polar surface area (TPSA) is 36.7 Å². The largest absolute Gasteiger partial charge is 0.244 e. The number of benzene rings is 1. The molecule has 1 aromatic heterocycles. The fourth-order valence-electron chi connectivity index (χ4n) is 1.25. The van der Waals surface area contributed by atoms with Crippen molar-refractivity contribution in [3.05, 3.63) is 45.4 Å². The lowest BCUT2D eigenvalue weighted by Crippen LogP contribution is -1.83. The summed E-state index contributed by atoms with van der Waals surface area (Å²) in [5.41, 5.74) is 0.865. The van der Waals surface area contributed by atoms with E-state index in [1.165, 1.54) is 4.90 Å². The normalized spacial score (nSPS) is 10.1. The van der Waals surface area contributed by atoms with E-state index in [9.17, 15) is 0 Å². The minimum atomic E-state index is 0.391. The molecule has 0 aliphatic rings. The first kappa shape index (κ1) is 12.4. The molecule has 0 N–H and O–H groups in total. The Bertz CT molecular complexity index is 528. The van der Waals surface area contributed by atoms with Crippen LogP contribution >= 0.6 is 34.7 Å². The van der Waals surface area contributed by atoms with E-state index in [1.54, 1.807) is 23.1 Å². The molecule has 0 amide bonds. The minimum Gasteiger partial charge on any atom is -0.244 e. The molecule has 2 nitrogen and oxygen atoms in total. The van der Waals surface area contributed by atoms with E-state index in [1.807, 2.05) is 29.6 Å². The van der Waals surface area contributed by atoms with Crippen LogP contribution in [0.1, 0.15) is 10.7 Å². The van der Waals surface area contributed by atoms with E-state index in [4.69, 9.17) is 16.9 Å². The molecule has 2 aromatic rings. The molecule has 86 valence electrons. The molecule has 0 atom stereocenters. The van der Waals surface area contributed by atoms with Gasteiger partial charge in [0, 0.05) is 15.3 Å². The molecule has 0 saturated carbocycles. The number of nitrogens with zero attached hydrogens (tertiary/aromatic N) is 2. The van der Waals surface area contributed by atoms with Gasteiger partial charge in [0.15, 0.2) is 0 Å². The zero-order chi connectivity index (χ0) is 12.1. The maximum atomic E-state index is 8.56. The van der Waals surface area contributed by atoms with Crippen LogP contribution in [0.15, 0.2) is 34.5 Å². The number of nitriles is 1. The van der Waals surface area contributed by atoms with E-state index in [-0.39, 0.29) is 0 Å². The van der Waals surface area contributed by atoms with Crippen molar-refractivity contribution in [2.24, 2.45) is 0 Å². The molecular weight excluding hydrogens is 272 g/mol. The Morgan fingerprint density at radius 1 is 1.35 bits per heavy atom. The first-order chi connectivity index (χ1) is 8.28. The second-order valence-corrected chi connectivity index (χ2v) is 5.74. The summed E-state index contributed by atoms with van der Waals surface area (Å²) >= 11 is 9.14. The Kier molecular flexibility index (Phi) is 4.43. The average Bonchev–Trinajstić information content (AvgIpc) is 2.77. The molecular formula is C12H9ClN2S2. The number of thiazole rings is 1. The number of halogens is 1. The van der Waals surface area contributed by atoms with Crippen molar-refractivity contribution in [1.82, 2.24) is 4.98 Å². The van der Waals surface area contributed by atoms with Crippen LogP contribution in [-0.4, -0.2) is 4.98 Å². The molecule has 17 heavy (non-hydrogen) atoms. The van der Waals surface area contributed by atoms with Gasteiger partial charge in [0.1, 0.15) is 5.01 Å². The van der Waals surface area contributed by atoms with Crippen LogP contribution in [0.2, 0.25) is 5.02 Å². The number of hydrogen-bond acceptors (Lipinski definition) is 4. The van der Waals surface area contributed by atoms with Gasteiger partial charge in [0.05, 0.1) is 23.9 Å². The van der Waals surface area contributed by atoms with Crippen LogP contribution in [0, 0.1) is 11.3 Å². The molecule has 0 fully saturated rings. The lowest BCUT2D eigenvalue weighted by molar-refractivity contribution is 1.11. The number of rotatable bonds is 4. The van der Waals surface area contributed by atoms with Gasteiger partial charge in [0.25, 0.3) is 0 Å². The smallest absolute Gasteiger partial charge is 0.103 e. The molecule has 5 heteroatoms. The predicted octanol–water partition coefficient (Wildman–Crippen LogP) is 4.15. The van der Waals surface area contributed by atoms with Gasteiger partial charge in [-0.25, -0.2) is 4.98 Å². The van der Waals surface area contributed by atoms with Crippen molar-refractivity contribution in [1.29, 1.82) is 5.26 Å². The summed E-state index contributed by atoms with van der Waals surface area (Å²) in [7, 11) is 0. The predicted molar refractivity (Wildman–Crippen MR) is 72.4 cm³/mol. The highest BCUT2D eigenvalue weighted by atomic mass is 35.5. The molecule has 1 aromatic carbocycles. The van der Waals surface area contributed by atoms with E-state index in [0.717, 1.165) is 21.5 Å². The molecule has 0 unspecified atom stereocenters. The molecule has 0 aliphatic heterocycles. The van der Waals surface area contributed by atoms with Crippen LogP contribution in [0.5, 0.6) is 0 Å². The number of thioether (sulfide) groups is 1. The first-order valence-corrected chi connectivity index (χ1v) is 7.21. The molecule has 0 radical (unpaired) electrons. The third kappa shape index (κ3) is 3.74. The summed E-state index contributed by atoms with van der Waals surface area (Å²) < 4.78 is 0. The standard InChI is InChI=1S/C12H9ClN2S2/c13-9-1-3-11(4-2-9)16-8-12-15-10(5-6-14)7-17-12/h1-4,7H,5,8H2. The summed E-state index contributed by atoms with van der Waals surface area (Å²) in [4.78, 5) is 5.55. The summed E-state index contributed by atoms with van der Waals surface area (Å²) in [6.45, 7) is 0. The van der Waals surface area contributed by atoms with Crippen molar-refractivity contribution < 1.29 is 0 Å². The minimum absolute atomic E-state index is 0.391. The highest BCUT2D eigenvalue weighted by molar-refractivity contribution is 7.98. The van der Waals surface area contributed by atoms with E-state index >= 15 is 0 Å². The van der Waals surface area contributed by atoms with Crippen LogP contribution in [0.25, 0.3) is 0 Å². The highest BCUT2D eigenvalue weighted by Crippen LogP contribution is 2.25. The van der Waals surface area contributed by atoms with Crippen LogP contribution < -0.4 is 0 Å². The Morgan fingerprint density at radius 2 is 2.12 bits per heavy atom. The fourth-order valence-corrected chi connectivity index (χ4v) is 3.09. The van der Waals surface area contributed by atoms with Crippen molar-refractivity contribution in [2.75, 3.05) is 0 Å². The lowest BCUT2D eigenvalue weighted by atomic mass is 10.4. The Hall–Kier alpha value is -1.02. The van der Waals surface area contributed by atoms with Crippen molar-refractivity contribution in [3.63, 3.8) is 0 Å². The van der Waals surface area contributed by atoms with E-state index in [0.29, 0.717) is 6.42 Å². The van der Waals surface area contributed by atoms with Gasteiger partial charge in [-0.3, -0.25) is 0 Å². The molecule has 0 aliphatic carbocycles. The number of hydrogen-bond donors (Lipinski definition) is 0. The van der Waals surface area contributed by atoms with Crippen LogP contribution in [0.3, 0.4) is 0 Å². The Morgan fingerprint density at radius 3 is 2.82 bits per heavy atom. The second-order valence-electron chi connectivity index (χ2n) is 3.31. The maximum absolute atomic E-state index is 8.56. The number of aromatic nitrogens is 1. The third-order valence-corrected chi connectivity index (χ3v) is 4.39. The summed E-state index contributed by atoms with van der Waals surface area (Å²) in [5.74, 6) is 0.831. The Balaban J connectivity index is 1.93. The lowest BCUT2D eigenvalue weighted by Gasteiger charge is -1.98. The molecule has 0 saturated heterocycles. The Labute approximate surface area is 113 Å². The maximum Gasteiger partial charge on any atom is 0.103 e. The quantitative estimate of drug-likeness (QED) is 0.789. The van der Waals surface area contributed by atoms with E-state index < -0.39 is 0 Å². The highest BCUT2D eigenvalue weighted by Gasteiger charge is 2.02. The third-order valence-electron chi connectivity index (χ3n) is 2.04. The van der Waals surface area contributed by atoms with Gasteiger partial charge < -0.3 is 0 Å². The van der Waals surface area contributed by atoms with Crippen molar-refractivity contribution in [2.45, 2.75) is 17.1 Å². The second kappa shape index (κ2) is 6.06. The first-order valence-electron chi connectivity index (χ1n) is 4.96. The summed E-state index contributed by atoms with van der Waals surface area (Å²) in [5, 5.41) is 12.3. The fraction of sp³-hybridized carbons (Fsp3) is 0.167. The summed E-state index contributed by atoms with van der Waals surface area (Å²) in [6, 6.07) is 9.86. The van der Waals surface area contributed by atoms with Gasteiger partial charge in [0.2, 0.25) is 0 Å². The van der Waals surface area contributed by atoms with Gasteiger partial charge in [-0.2, -0.15) is 5.26 Å². The van der Waals surface area contributed by atoms with E-state index in [2.05, 4.69) is 11.1 Å². The summed E-state index contributed by atoms with van der Waals surface area (Å²) in [6.07, 6.45) is 0.391. The van der Waals surface area contributed by atoms with Crippen LogP contribution in [0.4, 0.5) is 0 Å². The van der Waals surface area contributed by atoms with Crippen molar-refractivity contribution in [3.8, 4) is 6.07 Å². The zero-order valence-corrected chi connectivity index (χ0v) is 11.3. The monoisotopic (exact) mass is 280 g/mol. The van der Waals surface area contributed by atoms with Gasteiger partial charge in [-0.1, -0.05) is 11.6 Å². The van der Waals surface area contributed by atoms with Crippen LogP contribution in [-0.2, 0) is 12.2 Å². The molecule has 1 heterocycles. The molecule has 0 spiro atoms. The van der Waals surface area contributed by atoms with Gasteiger partial charge in [-0.15, -0.1) is 23.1 Å². The van der Waals surface area contributed by atoms with Gasteiger partial charge >= 0.3 is 0 Å². The molecule has 0 bridgehead atoms. The molecule has 2 rings (SSSR count).